The topological polar surface area (TPSA) is 99.9 Å². The highest BCUT2D eigenvalue weighted by atomic mass is 32.2. The molecule has 0 unspecified atom stereocenters. The average Bonchev–Trinajstić information content (AvgIpc) is 3.53. The van der Waals surface area contributed by atoms with E-state index < -0.39 is 10.9 Å². The number of benzene rings is 3. The number of para-hydroxylation sites is 1. The van der Waals surface area contributed by atoms with Crippen molar-refractivity contribution < 1.29 is 18.9 Å². The number of aromatic nitrogens is 1. The molecule has 5 aromatic rings. The van der Waals surface area contributed by atoms with E-state index in [4.69, 9.17) is 9.15 Å². The maximum atomic E-state index is 11.7. The number of nitrogens with zero attached hydrogens (tertiary/aromatic N) is 3. The lowest BCUT2D eigenvalue weighted by molar-refractivity contribution is -0.384. The third-order valence-electron chi connectivity index (χ3n) is 5.67. The summed E-state index contributed by atoms with van der Waals surface area (Å²) in [5, 5.41) is 11.9. The van der Waals surface area contributed by atoms with Gasteiger partial charge in [0.2, 0.25) is 5.76 Å². The maximum Gasteiger partial charge on any atom is 0.373 e. The summed E-state index contributed by atoms with van der Waals surface area (Å²) >= 11 is 1.53. The van der Waals surface area contributed by atoms with Crippen molar-refractivity contribution in [3.05, 3.63) is 118 Å². The van der Waals surface area contributed by atoms with Crippen LogP contribution >= 0.6 is 11.8 Å². The largest absolute Gasteiger partial charge is 0.463 e. The number of nitro benzene ring substituents is 1. The summed E-state index contributed by atoms with van der Waals surface area (Å²) in [7, 11) is 1.32. The van der Waals surface area contributed by atoms with Gasteiger partial charge in [0.25, 0.3) is 5.69 Å². The number of hydrogen-bond donors (Lipinski definition) is 0. The second-order valence-electron chi connectivity index (χ2n) is 8.09. The average molecular weight is 512 g/mol. The first-order chi connectivity index (χ1) is 18.0. The predicted octanol–water partition coefficient (Wildman–Crippen LogP) is 6.88. The summed E-state index contributed by atoms with van der Waals surface area (Å²) < 4.78 is 12.4. The molecule has 184 valence electrons. The Balaban J connectivity index is 1.32. The highest BCUT2D eigenvalue weighted by molar-refractivity contribution is 7.99. The SMILES string of the molecule is COC(=O)c1ccc(Cn2cc(C=Nc3ccc(Sc4ccc([N+](=O)[O-])cc4)cc3)c3ccccc32)o1. The number of hydrogen-bond acceptors (Lipinski definition) is 7. The van der Waals surface area contributed by atoms with Gasteiger partial charge in [-0.15, -0.1) is 0 Å². The van der Waals surface area contributed by atoms with Crippen LogP contribution in [-0.4, -0.2) is 28.8 Å². The fraction of sp³-hybridized carbons (Fsp3) is 0.0714. The molecule has 0 saturated heterocycles. The molecule has 0 radical (unpaired) electrons. The number of ether oxygens (including phenoxy) is 1. The van der Waals surface area contributed by atoms with Gasteiger partial charge in [-0.25, -0.2) is 4.79 Å². The summed E-state index contributed by atoms with van der Waals surface area (Å²) in [5.41, 5.74) is 2.86. The number of esters is 1. The van der Waals surface area contributed by atoms with Crippen LogP contribution in [0, 0.1) is 10.1 Å². The van der Waals surface area contributed by atoms with E-state index in [0.29, 0.717) is 12.3 Å². The zero-order valence-corrected chi connectivity index (χ0v) is 20.6. The molecule has 0 amide bonds. The molecule has 0 aliphatic carbocycles. The number of rotatable bonds is 8. The molecular weight excluding hydrogens is 490 g/mol. The zero-order chi connectivity index (χ0) is 25.8. The zero-order valence-electron chi connectivity index (χ0n) is 19.7. The summed E-state index contributed by atoms with van der Waals surface area (Å²) in [5.74, 6) is 0.310. The van der Waals surface area contributed by atoms with Gasteiger partial charge in [-0.1, -0.05) is 30.0 Å². The monoisotopic (exact) mass is 511 g/mol. The fourth-order valence-electron chi connectivity index (χ4n) is 3.87. The van der Waals surface area contributed by atoms with Gasteiger partial charge in [-0.3, -0.25) is 15.1 Å². The molecule has 5 rings (SSSR count). The Kier molecular flexibility index (Phi) is 6.87. The molecule has 8 nitrogen and oxygen atoms in total. The molecule has 0 aliphatic heterocycles. The third kappa shape index (κ3) is 5.46. The molecule has 9 heteroatoms. The Bertz CT molecular complexity index is 1600. The molecule has 0 bridgehead atoms. The van der Waals surface area contributed by atoms with E-state index >= 15 is 0 Å². The van der Waals surface area contributed by atoms with Gasteiger partial charge in [-0.05, 0) is 54.6 Å². The third-order valence-corrected chi connectivity index (χ3v) is 6.68. The molecule has 37 heavy (non-hydrogen) atoms. The quantitative estimate of drug-likeness (QED) is 0.0974. The molecule has 0 saturated carbocycles. The van der Waals surface area contributed by atoms with Crippen LogP contribution in [0.15, 0.2) is 110 Å². The number of fused-ring (bicyclic) bond motifs is 1. The van der Waals surface area contributed by atoms with E-state index in [2.05, 4.69) is 9.56 Å². The van der Waals surface area contributed by atoms with E-state index in [1.54, 1.807) is 24.3 Å². The van der Waals surface area contributed by atoms with Crippen molar-refractivity contribution in [2.45, 2.75) is 16.3 Å². The first-order valence-electron chi connectivity index (χ1n) is 11.3. The minimum Gasteiger partial charge on any atom is -0.463 e. The van der Waals surface area contributed by atoms with Gasteiger partial charge in [0.05, 0.1) is 24.3 Å². The molecule has 0 N–H and O–H groups in total. The molecule has 3 aromatic carbocycles. The minimum atomic E-state index is -0.506. The number of carbonyl (C=O) groups is 1. The number of non-ortho nitro benzene ring substituents is 1. The lowest BCUT2D eigenvalue weighted by Crippen LogP contribution is -1.99. The summed E-state index contributed by atoms with van der Waals surface area (Å²) in [6, 6.07) is 25.7. The highest BCUT2D eigenvalue weighted by Gasteiger charge is 2.13. The van der Waals surface area contributed by atoms with Gasteiger partial charge >= 0.3 is 5.97 Å². The second kappa shape index (κ2) is 10.5. The Morgan fingerprint density at radius 1 is 1.03 bits per heavy atom. The van der Waals surface area contributed by atoms with E-state index in [-0.39, 0.29) is 11.4 Å². The van der Waals surface area contributed by atoms with Crippen molar-refractivity contribution in [3.63, 3.8) is 0 Å². The van der Waals surface area contributed by atoms with Crippen molar-refractivity contribution in [2.24, 2.45) is 4.99 Å². The number of aliphatic imine (C=N–C) groups is 1. The van der Waals surface area contributed by atoms with Gasteiger partial charge in [0.15, 0.2) is 0 Å². The Morgan fingerprint density at radius 3 is 2.43 bits per heavy atom. The predicted molar refractivity (Wildman–Crippen MR) is 142 cm³/mol. The first kappa shape index (κ1) is 24.1. The van der Waals surface area contributed by atoms with Crippen molar-refractivity contribution in [1.82, 2.24) is 4.57 Å². The maximum absolute atomic E-state index is 11.7. The van der Waals surface area contributed by atoms with Crippen LogP contribution in [0.3, 0.4) is 0 Å². The molecule has 0 spiro atoms. The molecular formula is C28H21N3O5S. The van der Waals surface area contributed by atoms with E-state index in [9.17, 15) is 14.9 Å². The molecule has 2 aromatic heterocycles. The minimum absolute atomic E-state index is 0.0745. The van der Waals surface area contributed by atoms with Crippen LogP contribution < -0.4 is 0 Å². The van der Waals surface area contributed by atoms with Crippen molar-refractivity contribution in [2.75, 3.05) is 7.11 Å². The molecule has 2 heterocycles. The molecule has 0 atom stereocenters. The van der Waals surface area contributed by atoms with Crippen molar-refractivity contribution in [3.8, 4) is 0 Å². The molecule has 0 fully saturated rings. The van der Waals surface area contributed by atoms with E-state index in [1.807, 2.05) is 60.9 Å². The van der Waals surface area contributed by atoms with Crippen molar-refractivity contribution in [1.29, 1.82) is 0 Å². The second-order valence-corrected chi connectivity index (χ2v) is 9.24. The van der Waals surface area contributed by atoms with Crippen LogP contribution in [0.2, 0.25) is 0 Å². The standard InChI is InChI=1S/C28H21N3O5S/c1-35-28(32)27-15-10-22(36-27)18-30-17-19(25-4-2-3-5-26(25)30)16-29-20-6-11-23(12-7-20)37-24-13-8-21(9-14-24)31(33)34/h2-17H,18H2,1H3. The number of carbonyl (C=O) groups excluding carboxylic acids is 1. The van der Waals surface area contributed by atoms with Crippen molar-refractivity contribution >= 4 is 46.2 Å². The van der Waals surface area contributed by atoms with Crippen LogP contribution in [0.4, 0.5) is 11.4 Å². The fourth-order valence-corrected chi connectivity index (χ4v) is 4.68. The lowest BCUT2D eigenvalue weighted by atomic mass is 10.2. The van der Waals surface area contributed by atoms with E-state index in [0.717, 1.165) is 31.9 Å². The smallest absolute Gasteiger partial charge is 0.373 e. The van der Waals surface area contributed by atoms with Gasteiger partial charge < -0.3 is 13.7 Å². The first-order valence-corrected chi connectivity index (χ1v) is 12.1. The Labute approximate surface area is 216 Å². The Hall–Kier alpha value is -4.63. The van der Waals surface area contributed by atoms with E-state index in [1.165, 1.54) is 31.0 Å². The number of nitro groups is 1. The van der Waals surface area contributed by atoms with Gasteiger partial charge in [0, 0.05) is 50.8 Å². The highest BCUT2D eigenvalue weighted by Crippen LogP contribution is 2.30. The number of methoxy groups -OCH3 is 1. The Morgan fingerprint density at radius 2 is 1.73 bits per heavy atom. The number of furan rings is 1. The summed E-state index contributed by atoms with van der Waals surface area (Å²) in [4.78, 5) is 28.7. The molecule has 0 aliphatic rings. The van der Waals surface area contributed by atoms with Gasteiger partial charge in [0.1, 0.15) is 5.76 Å². The summed E-state index contributed by atoms with van der Waals surface area (Å²) in [6.45, 7) is 0.458. The summed E-state index contributed by atoms with van der Waals surface area (Å²) in [6.07, 6.45) is 3.84. The van der Waals surface area contributed by atoms with Crippen LogP contribution in [0.1, 0.15) is 21.9 Å². The van der Waals surface area contributed by atoms with Crippen LogP contribution in [0.5, 0.6) is 0 Å². The lowest BCUT2D eigenvalue weighted by Gasteiger charge is -2.02. The normalized spacial score (nSPS) is 11.3. The van der Waals surface area contributed by atoms with Crippen LogP contribution in [-0.2, 0) is 11.3 Å². The van der Waals surface area contributed by atoms with Crippen LogP contribution in [0.25, 0.3) is 10.9 Å². The van der Waals surface area contributed by atoms with Gasteiger partial charge in [-0.2, -0.15) is 0 Å².